The number of benzene rings is 6. The molecule has 0 spiro atoms. The second-order valence-electron chi connectivity index (χ2n) is 19.4. The van der Waals surface area contributed by atoms with Crippen molar-refractivity contribution in [3.63, 3.8) is 0 Å². The summed E-state index contributed by atoms with van der Waals surface area (Å²) in [5.74, 6) is -6.11. The molecule has 8 bridgehead atoms. The zero-order chi connectivity index (χ0) is 57.9. The van der Waals surface area contributed by atoms with Crippen molar-refractivity contribution >= 4 is 47.8 Å². The van der Waals surface area contributed by atoms with Gasteiger partial charge in [0.2, 0.25) is 0 Å². The lowest BCUT2D eigenvalue weighted by atomic mass is 9.82. The molecule has 7 rings (SSSR count). The first-order chi connectivity index (χ1) is 38.1. The molecule has 0 aliphatic heterocycles. The highest BCUT2D eigenvalue weighted by molar-refractivity contribution is 5.76. The Morgan fingerprint density at radius 1 is 0.300 bits per heavy atom. The van der Waals surface area contributed by atoms with Gasteiger partial charge in [0.15, 0.2) is 24.4 Å². The van der Waals surface area contributed by atoms with Gasteiger partial charge in [0.05, 0.1) is 0 Å². The molecule has 6 aromatic rings. The average molecular weight is 1090 g/mol. The summed E-state index contributed by atoms with van der Waals surface area (Å²) in [7, 11) is 0. The quantitative estimate of drug-likeness (QED) is 0.0501. The molecule has 16 heteroatoms. The van der Waals surface area contributed by atoms with Crippen molar-refractivity contribution in [1.82, 2.24) is 0 Å². The topological polar surface area (TPSA) is 210 Å². The molecule has 0 radical (unpaired) electrons. The summed E-state index contributed by atoms with van der Waals surface area (Å²) < 4.78 is 49.6. The molecular weight excluding hydrogens is 1020 g/mol. The Hall–Kier alpha value is -8.92. The summed E-state index contributed by atoms with van der Waals surface area (Å²) in [5.41, 5.74) is 5.24. The van der Waals surface area contributed by atoms with Crippen LogP contribution in [0.3, 0.4) is 0 Å². The molecule has 0 heterocycles. The molecular formula is C64H64O16. The molecule has 0 fully saturated rings. The van der Waals surface area contributed by atoms with Crippen molar-refractivity contribution in [2.75, 3.05) is 0 Å². The monoisotopic (exact) mass is 1090 g/mol. The molecule has 1 aliphatic carbocycles. The van der Waals surface area contributed by atoms with Gasteiger partial charge in [-0.15, -0.1) is 0 Å². The first kappa shape index (κ1) is 58.8. The van der Waals surface area contributed by atoms with Gasteiger partial charge in [0.1, 0.15) is 23.0 Å². The zero-order valence-electron chi connectivity index (χ0n) is 46.5. The van der Waals surface area contributed by atoms with Gasteiger partial charge in [0, 0.05) is 99.9 Å². The lowest BCUT2D eigenvalue weighted by Gasteiger charge is -2.31. The summed E-state index contributed by atoms with van der Waals surface area (Å²) in [6.07, 6.45) is -4.12. The highest BCUT2D eigenvalue weighted by Gasteiger charge is 2.37. The standard InChI is InChI=1S/C64H64O16/c1-11-45-27-57(73-35(3)65)53-31-49(45)61(77-39(7)69)55-33-51(47(29-59(55)75-37(5)67)25-23-43-19-15-13-16-20-43)64(80-42(10)72)54-32-50(46(12-2)28-58(54)74-36(4)66)62(78-40(8)70)56-34-52(63(53)79-41(9)71)48(30-60(56)76-38(6)68)26-24-44-21-17-14-18-22-44/h13-22,27-34,61-64H,11-12,23-26H2,1-10H3. The number of carbonyl (C=O) groups is 8. The number of esters is 8. The third-order valence-corrected chi connectivity index (χ3v) is 13.3. The molecule has 4 atom stereocenters. The van der Waals surface area contributed by atoms with E-state index in [-0.39, 0.29) is 93.2 Å². The second-order valence-corrected chi connectivity index (χ2v) is 19.4. The molecule has 80 heavy (non-hydrogen) atoms. The van der Waals surface area contributed by atoms with E-state index in [2.05, 4.69) is 0 Å². The number of aryl methyl sites for hydroxylation is 6. The number of hydrogen-bond donors (Lipinski definition) is 0. The summed E-state index contributed by atoms with van der Waals surface area (Å²) in [6, 6.07) is 31.8. The van der Waals surface area contributed by atoms with Crippen molar-refractivity contribution in [3.8, 4) is 23.0 Å². The number of ether oxygens (including phenoxy) is 8. The molecule has 0 saturated heterocycles. The van der Waals surface area contributed by atoms with E-state index in [1.54, 1.807) is 48.5 Å². The van der Waals surface area contributed by atoms with Crippen LogP contribution in [0.25, 0.3) is 0 Å². The zero-order valence-corrected chi connectivity index (χ0v) is 46.5. The van der Waals surface area contributed by atoms with Crippen LogP contribution in [0, 0.1) is 0 Å². The van der Waals surface area contributed by atoms with Crippen LogP contribution in [0.15, 0.2) is 109 Å². The molecule has 0 aromatic heterocycles. The normalized spacial score (nSPS) is 15.3. The highest BCUT2D eigenvalue weighted by Crippen LogP contribution is 2.49. The minimum Gasteiger partial charge on any atom is -0.453 e. The van der Waals surface area contributed by atoms with E-state index < -0.39 is 72.2 Å². The van der Waals surface area contributed by atoms with E-state index in [4.69, 9.17) is 37.9 Å². The maximum absolute atomic E-state index is 13.7. The number of fused-ring (bicyclic) bond motifs is 8. The van der Waals surface area contributed by atoms with E-state index in [1.807, 2.05) is 74.5 Å². The van der Waals surface area contributed by atoms with Crippen molar-refractivity contribution < 1.29 is 76.3 Å². The molecule has 0 N–H and O–H groups in total. The minimum atomic E-state index is -1.48. The SMILES string of the molecule is CCc1cc(OC(C)=O)c2cc1C(OC(C)=O)c1cc(c(CCc3ccccc3)cc1OC(C)=O)C(OC(C)=O)c1cc(c(CC)cc1OC(C)=O)C(OC(C)=O)c1cc(c(CCc3ccccc3)cc1OC(C)=O)C2OC(C)=O. The van der Waals surface area contributed by atoms with E-state index >= 15 is 0 Å². The molecule has 416 valence electrons. The smallest absolute Gasteiger partial charge is 0.308 e. The summed E-state index contributed by atoms with van der Waals surface area (Å²) in [6.45, 7) is 13.3. The van der Waals surface area contributed by atoms with Crippen LogP contribution < -0.4 is 18.9 Å². The Bertz CT molecular complexity index is 3140. The highest BCUT2D eigenvalue weighted by atomic mass is 16.6. The lowest BCUT2D eigenvalue weighted by Crippen LogP contribution is -2.22. The van der Waals surface area contributed by atoms with Crippen LogP contribution in [0.2, 0.25) is 0 Å². The Morgan fingerprint density at radius 2 is 0.537 bits per heavy atom. The van der Waals surface area contributed by atoms with Gasteiger partial charge in [-0.05, 0) is 120 Å². The van der Waals surface area contributed by atoms with Gasteiger partial charge >= 0.3 is 47.8 Å². The van der Waals surface area contributed by atoms with Gasteiger partial charge in [-0.2, -0.15) is 0 Å². The Kier molecular flexibility index (Phi) is 19.2. The van der Waals surface area contributed by atoms with Gasteiger partial charge in [-0.3, -0.25) is 38.4 Å². The summed E-state index contributed by atoms with van der Waals surface area (Å²) in [4.78, 5) is 108. The predicted octanol–water partition coefficient (Wildman–Crippen LogP) is 11.0. The average Bonchev–Trinajstić information content (AvgIpc) is 3.44. The van der Waals surface area contributed by atoms with E-state index in [0.717, 1.165) is 11.1 Å². The number of hydrogen-bond acceptors (Lipinski definition) is 16. The third kappa shape index (κ3) is 14.4. The van der Waals surface area contributed by atoms with Crippen LogP contribution >= 0.6 is 0 Å². The Balaban J connectivity index is 1.77. The molecule has 1 aliphatic rings. The fourth-order valence-corrected chi connectivity index (χ4v) is 10.1. The first-order valence-electron chi connectivity index (χ1n) is 26.3. The van der Waals surface area contributed by atoms with Crippen molar-refractivity contribution in [1.29, 1.82) is 0 Å². The molecule has 6 aromatic carbocycles. The van der Waals surface area contributed by atoms with Crippen molar-refractivity contribution in [3.05, 3.63) is 187 Å². The van der Waals surface area contributed by atoms with Crippen molar-refractivity contribution in [2.45, 2.75) is 132 Å². The van der Waals surface area contributed by atoms with E-state index in [1.165, 1.54) is 55.4 Å². The summed E-state index contributed by atoms with van der Waals surface area (Å²) in [5, 5.41) is 0. The van der Waals surface area contributed by atoms with Gasteiger partial charge in [-0.1, -0.05) is 74.5 Å². The largest absolute Gasteiger partial charge is 0.453 e. The summed E-state index contributed by atoms with van der Waals surface area (Å²) >= 11 is 0. The van der Waals surface area contributed by atoms with Crippen LogP contribution in [0.5, 0.6) is 23.0 Å². The molecule has 16 nitrogen and oxygen atoms in total. The molecule has 0 amide bonds. The molecule has 4 unspecified atom stereocenters. The van der Waals surface area contributed by atoms with Gasteiger partial charge in [-0.25, -0.2) is 0 Å². The maximum atomic E-state index is 13.7. The van der Waals surface area contributed by atoms with Crippen molar-refractivity contribution in [2.24, 2.45) is 0 Å². The second kappa shape index (κ2) is 26.2. The molecule has 0 saturated carbocycles. The predicted molar refractivity (Wildman–Crippen MR) is 292 cm³/mol. The fourth-order valence-electron chi connectivity index (χ4n) is 10.1. The van der Waals surface area contributed by atoms with E-state index in [9.17, 15) is 38.4 Å². The lowest BCUT2D eigenvalue weighted by molar-refractivity contribution is -0.145. The third-order valence-electron chi connectivity index (χ3n) is 13.3. The van der Waals surface area contributed by atoms with Gasteiger partial charge < -0.3 is 37.9 Å². The van der Waals surface area contributed by atoms with Gasteiger partial charge in [0.25, 0.3) is 0 Å². The van der Waals surface area contributed by atoms with Crippen LogP contribution in [0.1, 0.15) is 172 Å². The Morgan fingerprint density at radius 3 is 0.762 bits per heavy atom. The van der Waals surface area contributed by atoms with Crippen LogP contribution in [-0.4, -0.2) is 47.8 Å². The van der Waals surface area contributed by atoms with Crippen LogP contribution in [0.4, 0.5) is 0 Å². The number of carbonyl (C=O) groups excluding carboxylic acids is 8. The Labute approximate surface area is 464 Å². The van der Waals surface area contributed by atoms with E-state index in [0.29, 0.717) is 35.1 Å². The first-order valence-corrected chi connectivity index (χ1v) is 26.3. The maximum Gasteiger partial charge on any atom is 0.308 e. The van der Waals surface area contributed by atoms with Crippen LogP contribution in [-0.2, 0) is 95.8 Å². The fraction of sp³-hybridized carbons (Fsp3) is 0.312. The minimum absolute atomic E-state index is 0.0331. The number of rotatable bonds is 16.